The molecule has 0 unspecified atom stereocenters. The molecule has 0 atom stereocenters. The molecule has 96 valence electrons. The summed E-state index contributed by atoms with van der Waals surface area (Å²) in [6.45, 7) is 1.86. The number of anilines is 1. The van der Waals surface area contributed by atoms with Crippen LogP contribution in [0.1, 0.15) is 12.0 Å². The van der Waals surface area contributed by atoms with E-state index in [1.165, 1.54) is 0 Å². The number of benzene rings is 1. The number of nitrogens with two attached hydrogens (primary N) is 1. The lowest BCUT2D eigenvalue weighted by Crippen LogP contribution is -2.34. The lowest BCUT2D eigenvalue weighted by Gasteiger charge is -2.24. The van der Waals surface area contributed by atoms with Gasteiger partial charge in [-0.15, -0.1) is 0 Å². The van der Waals surface area contributed by atoms with E-state index in [-0.39, 0.29) is 5.91 Å². The highest BCUT2D eigenvalue weighted by Crippen LogP contribution is 2.28. The molecule has 0 saturated carbocycles. The van der Waals surface area contributed by atoms with Crippen molar-refractivity contribution in [2.75, 3.05) is 24.5 Å². The first-order valence-electron chi connectivity index (χ1n) is 5.69. The Morgan fingerprint density at radius 3 is 3.00 bits per heavy atom. The van der Waals surface area contributed by atoms with E-state index < -0.39 is 0 Å². The van der Waals surface area contributed by atoms with Gasteiger partial charge in [0.1, 0.15) is 4.99 Å². The van der Waals surface area contributed by atoms with Gasteiger partial charge in [0.15, 0.2) is 0 Å². The van der Waals surface area contributed by atoms with Crippen molar-refractivity contribution in [1.29, 1.82) is 0 Å². The maximum Gasteiger partial charge on any atom is 0.239 e. The Bertz CT molecular complexity index is 492. The summed E-state index contributed by atoms with van der Waals surface area (Å²) in [5.74, 6) is 0.0290. The number of rotatable bonds is 2. The summed E-state index contributed by atoms with van der Waals surface area (Å²) in [4.78, 5) is 14.0. The van der Waals surface area contributed by atoms with E-state index in [0.717, 1.165) is 28.7 Å². The molecule has 1 aromatic rings. The van der Waals surface area contributed by atoms with Crippen molar-refractivity contribution < 1.29 is 4.79 Å². The summed E-state index contributed by atoms with van der Waals surface area (Å²) in [5.41, 5.74) is 7.47. The Kier molecular flexibility index (Phi) is 4.19. The van der Waals surface area contributed by atoms with Gasteiger partial charge in [-0.3, -0.25) is 4.79 Å². The first-order chi connectivity index (χ1) is 8.59. The van der Waals surface area contributed by atoms with Gasteiger partial charge in [0.2, 0.25) is 5.91 Å². The summed E-state index contributed by atoms with van der Waals surface area (Å²) in [6, 6.07) is 5.76. The zero-order valence-electron chi connectivity index (χ0n) is 9.78. The Morgan fingerprint density at radius 1 is 1.50 bits per heavy atom. The number of hydrogen-bond acceptors (Lipinski definition) is 3. The fraction of sp³-hybridized carbons (Fsp3) is 0.333. The van der Waals surface area contributed by atoms with Crippen molar-refractivity contribution in [3.63, 3.8) is 0 Å². The molecule has 4 nitrogen and oxygen atoms in total. The molecule has 0 bridgehead atoms. The van der Waals surface area contributed by atoms with E-state index in [9.17, 15) is 4.79 Å². The molecule has 1 aromatic carbocycles. The van der Waals surface area contributed by atoms with Crippen LogP contribution in [0.2, 0.25) is 0 Å². The minimum absolute atomic E-state index is 0.0290. The summed E-state index contributed by atoms with van der Waals surface area (Å²) < 4.78 is 0.858. The summed E-state index contributed by atoms with van der Waals surface area (Å²) >= 11 is 8.54. The van der Waals surface area contributed by atoms with Crippen LogP contribution in [-0.4, -0.2) is 30.5 Å². The molecule has 0 aliphatic carbocycles. The van der Waals surface area contributed by atoms with Crippen LogP contribution in [-0.2, 0) is 4.79 Å². The summed E-state index contributed by atoms with van der Waals surface area (Å²) in [7, 11) is 0. The molecule has 0 radical (unpaired) electrons. The molecule has 0 aromatic heterocycles. The van der Waals surface area contributed by atoms with E-state index in [1.807, 2.05) is 23.1 Å². The lowest BCUT2D eigenvalue weighted by atomic mass is 10.1. The average Bonchev–Trinajstić information content (AvgIpc) is 2.53. The van der Waals surface area contributed by atoms with Crippen LogP contribution >= 0.6 is 28.1 Å². The highest BCUT2D eigenvalue weighted by molar-refractivity contribution is 9.10. The number of thiocarbonyl (C=S) groups is 1. The van der Waals surface area contributed by atoms with Gasteiger partial charge >= 0.3 is 0 Å². The highest BCUT2D eigenvalue weighted by Gasteiger charge is 2.19. The molecular weight excluding hydrogens is 314 g/mol. The Hall–Kier alpha value is -1.14. The van der Waals surface area contributed by atoms with Crippen molar-refractivity contribution in [1.82, 2.24) is 5.32 Å². The molecule has 18 heavy (non-hydrogen) atoms. The van der Waals surface area contributed by atoms with Gasteiger partial charge in [-0.1, -0.05) is 18.3 Å². The molecule has 0 spiro atoms. The molecule has 6 heteroatoms. The highest BCUT2D eigenvalue weighted by atomic mass is 79.9. The van der Waals surface area contributed by atoms with Crippen LogP contribution in [0.4, 0.5) is 5.69 Å². The van der Waals surface area contributed by atoms with Crippen molar-refractivity contribution in [3.8, 4) is 0 Å². The van der Waals surface area contributed by atoms with Gasteiger partial charge in [-0.05, 0) is 34.5 Å². The molecule has 3 N–H and O–H groups in total. The topological polar surface area (TPSA) is 58.4 Å². The number of halogens is 1. The minimum atomic E-state index is 0.0290. The fourth-order valence-electron chi connectivity index (χ4n) is 2.03. The number of nitrogens with zero attached hydrogens (tertiary/aromatic N) is 1. The molecule has 1 aliphatic heterocycles. The maximum absolute atomic E-state index is 11.6. The predicted octanol–water partition coefficient (Wildman–Crippen LogP) is 1.41. The second-order valence-corrected chi connectivity index (χ2v) is 5.42. The Labute approximate surface area is 120 Å². The third-order valence-electron chi connectivity index (χ3n) is 2.84. The summed E-state index contributed by atoms with van der Waals surface area (Å²) in [6.07, 6.45) is 0.912. The van der Waals surface area contributed by atoms with Crippen LogP contribution in [0.5, 0.6) is 0 Å². The van der Waals surface area contributed by atoms with Crippen molar-refractivity contribution in [2.24, 2.45) is 5.73 Å². The lowest BCUT2D eigenvalue weighted by molar-refractivity contribution is -0.119. The van der Waals surface area contributed by atoms with Crippen LogP contribution in [0.25, 0.3) is 0 Å². The predicted molar refractivity (Wildman–Crippen MR) is 79.9 cm³/mol. The van der Waals surface area contributed by atoms with Crippen molar-refractivity contribution >= 4 is 44.7 Å². The van der Waals surface area contributed by atoms with Crippen molar-refractivity contribution in [2.45, 2.75) is 6.42 Å². The smallest absolute Gasteiger partial charge is 0.239 e. The molecule has 1 saturated heterocycles. The van der Waals surface area contributed by atoms with E-state index in [4.69, 9.17) is 18.0 Å². The third kappa shape index (κ3) is 2.81. The van der Waals surface area contributed by atoms with E-state index in [1.54, 1.807) is 0 Å². The molecule has 1 aliphatic rings. The van der Waals surface area contributed by atoms with Gasteiger partial charge in [0, 0.05) is 28.8 Å². The molecule has 1 fully saturated rings. The van der Waals surface area contributed by atoms with Crippen molar-refractivity contribution in [3.05, 3.63) is 28.2 Å². The maximum atomic E-state index is 11.6. The third-order valence-corrected chi connectivity index (χ3v) is 3.71. The quantitative estimate of drug-likeness (QED) is 0.806. The second-order valence-electron chi connectivity index (χ2n) is 4.12. The van der Waals surface area contributed by atoms with E-state index in [2.05, 4.69) is 21.2 Å². The first-order valence-corrected chi connectivity index (χ1v) is 6.89. The van der Waals surface area contributed by atoms with Crippen LogP contribution in [0.15, 0.2) is 22.7 Å². The Balaban J connectivity index is 2.40. The molecule has 2 rings (SSSR count). The number of carbonyl (C=O) groups excluding carboxylic acids is 1. The largest absolute Gasteiger partial charge is 0.389 e. The SMILES string of the molecule is NC(=S)c1c(Br)cccc1N1CCCNC(=O)C1. The van der Waals surface area contributed by atoms with E-state index >= 15 is 0 Å². The standard InChI is InChI=1S/C12H14BrN3OS/c13-8-3-1-4-9(11(8)12(14)18)16-6-2-5-15-10(17)7-16/h1,3-4H,2,5-7H2,(H2,14,18)(H,15,17). The second kappa shape index (κ2) is 5.67. The van der Waals surface area contributed by atoms with Crippen LogP contribution in [0.3, 0.4) is 0 Å². The van der Waals surface area contributed by atoms with Gasteiger partial charge in [0.25, 0.3) is 0 Å². The minimum Gasteiger partial charge on any atom is -0.389 e. The van der Waals surface area contributed by atoms with Gasteiger partial charge in [0.05, 0.1) is 6.54 Å². The summed E-state index contributed by atoms with van der Waals surface area (Å²) in [5, 5.41) is 2.85. The molecular formula is C12H14BrN3OS. The number of hydrogen-bond donors (Lipinski definition) is 2. The van der Waals surface area contributed by atoms with Crippen LogP contribution < -0.4 is 16.0 Å². The number of nitrogens with one attached hydrogen (secondary N) is 1. The van der Waals surface area contributed by atoms with Gasteiger partial charge in [-0.2, -0.15) is 0 Å². The van der Waals surface area contributed by atoms with Gasteiger partial charge < -0.3 is 16.0 Å². The Morgan fingerprint density at radius 2 is 2.28 bits per heavy atom. The zero-order chi connectivity index (χ0) is 13.1. The average molecular weight is 328 g/mol. The van der Waals surface area contributed by atoms with Gasteiger partial charge in [-0.25, -0.2) is 0 Å². The normalized spacial score (nSPS) is 16.1. The monoisotopic (exact) mass is 327 g/mol. The number of amides is 1. The molecule has 1 amide bonds. The number of carbonyl (C=O) groups is 1. The fourth-order valence-corrected chi connectivity index (χ4v) is 2.95. The molecule has 1 heterocycles. The van der Waals surface area contributed by atoms with E-state index in [0.29, 0.717) is 18.1 Å². The van der Waals surface area contributed by atoms with Crippen LogP contribution in [0, 0.1) is 0 Å². The zero-order valence-corrected chi connectivity index (χ0v) is 12.2. The first kappa shape index (κ1) is 13.3.